The molecule has 1 aromatic heterocycles. The molecule has 1 rings (SSSR count). The summed E-state index contributed by atoms with van der Waals surface area (Å²) in [6.45, 7) is 13.4. The van der Waals surface area contributed by atoms with Gasteiger partial charge < -0.3 is 0 Å². The third-order valence-corrected chi connectivity index (χ3v) is 2.72. The minimum absolute atomic E-state index is 0.592. The van der Waals surface area contributed by atoms with Gasteiger partial charge in [0, 0.05) is 0 Å². The van der Waals surface area contributed by atoms with E-state index in [1.54, 1.807) is 0 Å². The van der Waals surface area contributed by atoms with Gasteiger partial charge in [-0.15, -0.1) is 0 Å². The van der Waals surface area contributed by atoms with Gasteiger partial charge in [0.25, 0.3) is 0 Å². The van der Waals surface area contributed by atoms with Crippen LogP contribution in [0.5, 0.6) is 0 Å². The van der Waals surface area contributed by atoms with Gasteiger partial charge in [0.1, 0.15) is 0 Å². The molecule has 0 N–H and O–H groups in total. The first-order valence-corrected chi connectivity index (χ1v) is 5.83. The molecule has 0 aromatic carbocycles. The summed E-state index contributed by atoms with van der Waals surface area (Å²) in [5, 5.41) is 0. The normalized spacial score (nSPS) is 11.7. The molecule has 1 heterocycles. The summed E-state index contributed by atoms with van der Waals surface area (Å²) in [6.07, 6.45) is 4.33. The number of allylic oxidation sites excluding steroid dienone is 1. The van der Waals surface area contributed by atoms with E-state index in [-0.39, 0.29) is 0 Å². The quantitative estimate of drug-likeness (QED) is 0.682. The molecule has 1 heteroatoms. The number of hydrogen-bond acceptors (Lipinski definition) is 0. The van der Waals surface area contributed by atoms with Crippen molar-refractivity contribution in [3.63, 3.8) is 0 Å². The molecule has 0 saturated carbocycles. The zero-order valence-corrected chi connectivity index (χ0v) is 10.5. The van der Waals surface area contributed by atoms with Crippen LogP contribution in [0.1, 0.15) is 63.0 Å². The van der Waals surface area contributed by atoms with Crippen LogP contribution in [0.4, 0.5) is 0 Å². The Labute approximate surface area is 94.6 Å². The first-order valence-electron chi connectivity index (χ1n) is 5.83. The van der Waals surface area contributed by atoms with E-state index < -0.39 is 0 Å². The molecule has 0 aliphatic carbocycles. The van der Waals surface area contributed by atoms with Gasteiger partial charge in [-0.25, -0.2) is 0 Å². The van der Waals surface area contributed by atoms with E-state index in [1.807, 2.05) is 0 Å². The monoisotopic (exact) mass is 200 g/mol. The average molecular weight is 200 g/mol. The van der Waals surface area contributed by atoms with Crippen molar-refractivity contribution in [3.05, 3.63) is 34.7 Å². The SMILES string of the molecule is CC=Cc1bccc(C(C)C)c1C(C)C. The molecule has 0 nitrogen and oxygen atoms in total. The van der Waals surface area contributed by atoms with Crippen LogP contribution in [0.15, 0.2) is 18.1 Å². The van der Waals surface area contributed by atoms with Crippen molar-refractivity contribution in [2.24, 2.45) is 0 Å². The summed E-state index contributed by atoms with van der Waals surface area (Å²) in [5.41, 5.74) is 4.37. The van der Waals surface area contributed by atoms with Gasteiger partial charge in [-0.2, -0.15) is 0 Å². The third-order valence-electron chi connectivity index (χ3n) is 2.72. The van der Waals surface area contributed by atoms with Gasteiger partial charge in [0.05, 0.1) is 0 Å². The second kappa shape index (κ2) is 5.30. The summed E-state index contributed by atoms with van der Waals surface area (Å²) in [4.78, 5) is 0. The first kappa shape index (κ1) is 12.2. The Hall–Kier alpha value is -0.845. The molecule has 0 spiro atoms. The summed E-state index contributed by atoms with van der Waals surface area (Å²) in [6, 6.07) is 2.26. The maximum absolute atomic E-state index is 2.27. The van der Waals surface area contributed by atoms with E-state index in [2.05, 4.69) is 65.7 Å². The molecule has 0 aliphatic heterocycles. The van der Waals surface area contributed by atoms with Crippen LogP contribution in [0, 0.1) is 0 Å². The third kappa shape index (κ3) is 2.81. The predicted molar refractivity (Wildman–Crippen MR) is 70.7 cm³/mol. The van der Waals surface area contributed by atoms with E-state index in [0.29, 0.717) is 11.8 Å². The van der Waals surface area contributed by atoms with Gasteiger partial charge in [-0.05, 0) is 0 Å². The van der Waals surface area contributed by atoms with Crippen LogP contribution >= 0.6 is 0 Å². The molecule has 0 radical (unpaired) electrons. The van der Waals surface area contributed by atoms with Crippen molar-refractivity contribution < 1.29 is 0 Å². The zero-order valence-electron chi connectivity index (χ0n) is 10.5. The molecule has 0 saturated heterocycles. The Morgan fingerprint density at radius 1 is 1.13 bits per heavy atom. The fraction of sp³-hybridized carbons (Fsp3) is 0.500. The Kier molecular flexibility index (Phi) is 4.32. The van der Waals surface area contributed by atoms with Gasteiger partial charge >= 0.3 is 94.1 Å². The summed E-state index contributed by atoms with van der Waals surface area (Å²) in [5.74, 6) is 3.36. The van der Waals surface area contributed by atoms with Crippen molar-refractivity contribution in [1.82, 2.24) is 0 Å². The molecule has 0 amide bonds. The fourth-order valence-electron chi connectivity index (χ4n) is 2.10. The fourth-order valence-corrected chi connectivity index (χ4v) is 2.10. The molecular weight excluding hydrogens is 179 g/mol. The number of rotatable bonds is 3. The van der Waals surface area contributed by atoms with E-state index in [9.17, 15) is 0 Å². The predicted octanol–water partition coefficient (Wildman–Crippen LogP) is 4.30. The van der Waals surface area contributed by atoms with Crippen LogP contribution in [-0.4, -0.2) is 6.91 Å². The van der Waals surface area contributed by atoms with E-state index in [0.717, 1.165) is 0 Å². The Balaban J connectivity index is 3.34. The first-order chi connectivity index (χ1) is 7.07. The van der Waals surface area contributed by atoms with Gasteiger partial charge in [0.15, 0.2) is 0 Å². The van der Waals surface area contributed by atoms with Crippen LogP contribution in [0.25, 0.3) is 6.08 Å². The van der Waals surface area contributed by atoms with E-state index >= 15 is 0 Å². The topological polar surface area (TPSA) is 0 Å². The Morgan fingerprint density at radius 3 is 2.27 bits per heavy atom. The van der Waals surface area contributed by atoms with Crippen molar-refractivity contribution in [3.8, 4) is 0 Å². The molecule has 1 aromatic rings. The molecule has 80 valence electrons. The van der Waals surface area contributed by atoms with Crippen LogP contribution in [-0.2, 0) is 0 Å². The van der Waals surface area contributed by atoms with Crippen LogP contribution < -0.4 is 0 Å². The van der Waals surface area contributed by atoms with Gasteiger partial charge in [-0.3, -0.25) is 0 Å². The molecular formula is C14H21B. The minimum atomic E-state index is 0.592. The summed E-state index contributed by atoms with van der Waals surface area (Å²) in [7, 11) is 0. The summed E-state index contributed by atoms with van der Waals surface area (Å²) < 4.78 is 0. The van der Waals surface area contributed by atoms with Crippen LogP contribution in [0.2, 0.25) is 0 Å². The zero-order chi connectivity index (χ0) is 11.4. The van der Waals surface area contributed by atoms with Crippen molar-refractivity contribution in [1.29, 1.82) is 0 Å². The van der Waals surface area contributed by atoms with E-state index in [1.165, 1.54) is 16.6 Å². The molecule has 0 atom stereocenters. The van der Waals surface area contributed by atoms with Crippen molar-refractivity contribution in [2.45, 2.75) is 46.5 Å². The van der Waals surface area contributed by atoms with Crippen molar-refractivity contribution in [2.75, 3.05) is 0 Å². The molecule has 0 fully saturated rings. The second-order valence-corrected chi connectivity index (χ2v) is 4.66. The maximum atomic E-state index is 2.27. The Morgan fingerprint density at radius 2 is 1.80 bits per heavy atom. The molecule has 0 unspecified atom stereocenters. The Bertz CT molecular complexity index is 348. The molecule has 0 aliphatic rings. The standard InChI is InChI=1S/C14H21B/c1-6-7-13-14(11(4)5)12(10(2)3)8-9-15-13/h6-11H,1-5H3. The molecule has 0 bridgehead atoms. The van der Waals surface area contributed by atoms with Crippen LogP contribution in [0.3, 0.4) is 0 Å². The van der Waals surface area contributed by atoms with Crippen molar-refractivity contribution >= 4 is 13.0 Å². The average Bonchev–Trinajstić information content (AvgIpc) is 2.17. The summed E-state index contributed by atoms with van der Waals surface area (Å²) >= 11 is 0. The molecule has 15 heavy (non-hydrogen) atoms. The number of hydrogen-bond donors (Lipinski definition) is 0. The van der Waals surface area contributed by atoms with Gasteiger partial charge in [0.2, 0.25) is 0 Å². The van der Waals surface area contributed by atoms with E-state index in [4.69, 9.17) is 0 Å². The van der Waals surface area contributed by atoms with Gasteiger partial charge in [-0.1, -0.05) is 0 Å². The second-order valence-electron chi connectivity index (χ2n) is 4.66.